The van der Waals surface area contributed by atoms with Crippen LogP contribution in [0.2, 0.25) is 0 Å². The Balaban J connectivity index is 2.15. The third kappa shape index (κ3) is 2.41. The first-order chi connectivity index (χ1) is 9.65. The normalized spacial score (nSPS) is 12.8. The first-order valence-corrected chi connectivity index (χ1v) is 7.08. The van der Waals surface area contributed by atoms with Gasteiger partial charge in [0.05, 0.1) is 16.4 Å². The van der Waals surface area contributed by atoms with E-state index < -0.39 is 0 Å². The Morgan fingerprint density at radius 1 is 1.20 bits per heavy atom. The Labute approximate surface area is 123 Å². The van der Waals surface area contributed by atoms with Gasteiger partial charge in [0.15, 0.2) is 0 Å². The van der Waals surface area contributed by atoms with E-state index in [2.05, 4.69) is 39.7 Å². The van der Waals surface area contributed by atoms with Gasteiger partial charge in [-0.15, -0.1) is 11.6 Å². The molecule has 0 saturated carbocycles. The van der Waals surface area contributed by atoms with Crippen molar-refractivity contribution in [1.29, 1.82) is 0 Å². The van der Waals surface area contributed by atoms with E-state index >= 15 is 0 Å². The van der Waals surface area contributed by atoms with Gasteiger partial charge in [-0.1, -0.05) is 6.07 Å². The second-order valence-corrected chi connectivity index (χ2v) is 5.67. The molecule has 0 aliphatic carbocycles. The smallest absolute Gasteiger partial charge is 0.128 e. The average Bonchev–Trinajstić information content (AvgIpc) is 2.78. The molecule has 0 aliphatic rings. The summed E-state index contributed by atoms with van der Waals surface area (Å²) in [6.45, 7) is 4.81. The zero-order valence-electron chi connectivity index (χ0n) is 11.5. The van der Waals surface area contributed by atoms with Crippen LogP contribution in [0.1, 0.15) is 29.3 Å². The van der Waals surface area contributed by atoms with Gasteiger partial charge < -0.3 is 4.57 Å². The van der Waals surface area contributed by atoms with E-state index in [0.29, 0.717) is 0 Å². The number of aromatic nitrogens is 3. The van der Waals surface area contributed by atoms with E-state index in [-0.39, 0.29) is 5.38 Å². The molecule has 0 aliphatic heterocycles. The van der Waals surface area contributed by atoms with Crippen LogP contribution in [-0.4, -0.2) is 14.5 Å². The zero-order valence-corrected chi connectivity index (χ0v) is 12.3. The SMILES string of the molecule is Cc1ccc2nc(C(C)Cl)n(Cc3ccncc3)c2c1. The Kier molecular flexibility index (Phi) is 3.45. The lowest BCUT2D eigenvalue weighted by atomic mass is 10.2. The molecule has 0 amide bonds. The molecule has 2 heterocycles. The zero-order chi connectivity index (χ0) is 14.1. The van der Waals surface area contributed by atoms with Crippen LogP contribution in [0.15, 0.2) is 42.7 Å². The topological polar surface area (TPSA) is 30.7 Å². The number of nitrogens with zero attached hydrogens (tertiary/aromatic N) is 3. The summed E-state index contributed by atoms with van der Waals surface area (Å²) in [5.74, 6) is 0.907. The van der Waals surface area contributed by atoms with Crippen molar-refractivity contribution in [2.45, 2.75) is 25.8 Å². The fourth-order valence-electron chi connectivity index (χ4n) is 2.39. The van der Waals surface area contributed by atoms with E-state index in [1.165, 1.54) is 11.1 Å². The third-order valence-corrected chi connectivity index (χ3v) is 3.57. The van der Waals surface area contributed by atoms with Gasteiger partial charge in [0.25, 0.3) is 0 Å². The van der Waals surface area contributed by atoms with Crippen LogP contribution < -0.4 is 0 Å². The summed E-state index contributed by atoms with van der Waals surface area (Å²) in [6, 6.07) is 10.3. The van der Waals surface area contributed by atoms with E-state index in [1.807, 2.05) is 31.5 Å². The van der Waals surface area contributed by atoms with Crippen molar-refractivity contribution in [3.05, 3.63) is 59.7 Å². The Bertz CT molecular complexity index is 732. The Morgan fingerprint density at radius 2 is 1.95 bits per heavy atom. The molecule has 0 bridgehead atoms. The Morgan fingerprint density at radius 3 is 2.65 bits per heavy atom. The van der Waals surface area contributed by atoms with Crippen molar-refractivity contribution in [3.8, 4) is 0 Å². The molecular weight excluding hydrogens is 270 g/mol. The highest BCUT2D eigenvalue weighted by atomic mass is 35.5. The molecule has 0 fully saturated rings. The summed E-state index contributed by atoms with van der Waals surface area (Å²) >= 11 is 6.29. The number of aryl methyl sites for hydroxylation is 1. The number of rotatable bonds is 3. The lowest BCUT2D eigenvalue weighted by molar-refractivity contribution is 0.741. The average molecular weight is 286 g/mol. The summed E-state index contributed by atoms with van der Waals surface area (Å²) in [5.41, 5.74) is 4.54. The maximum Gasteiger partial charge on any atom is 0.128 e. The van der Waals surface area contributed by atoms with E-state index in [9.17, 15) is 0 Å². The molecule has 3 nitrogen and oxygen atoms in total. The van der Waals surface area contributed by atoms with Gasteiger partial charge in [0.2, 0.25) is 0 Å². The van der Waals surface area contributed by atoms with Gasteiger partial charge in [0.1, 0.15) is 5.82 Å². The fraction of sp³-hybridized carbons (Fsp3) is 0.250. The fourth-order valence-corrected chi connectivity index (χ4v) is 2.56. The summed E-state index contributed by atoms with van der Waals surface area (Å²) < 4.78 is 2.19. The predicted octanol–water partition coefficient (Wildman–Crippen LogP) is 4.09. The second-order valence-electron chi connectivity index (χ2n) is 5.02. The standard InChI is InChI=1S/C16H16ClN3/c1-11-3-4-14-15(9-11)20(16(19-14)12(2)17)10-13-5-7-18-8-6-13/h3-9,12H,10H2,1-2H3. The van der Waals surface area contributed by atoms with Crippen LogP contribution in [0.4, 0.5) is 0 Å². The summed E-state index contributed by atoms with van der Waals surface area (Å²) in [5, 5.41) is -0.121. The lowest BCUT2D eigenvalue weighted by Crippen LogP contribution is -2.05. The summed E-state index contributed by atoms with van der Waals surface area (Å²) in [4.78, 5) is 8.72. The quantitative estimate of drug-likeness (QED) is 0.679. The minimum absolute atomic E-state index is 0.121. The minimum Gasteiger partial charge on any atom is -0.322 e. The van der Waals surface area contributed by atoms with Crippen LogP contribution in [0, 0.1) is 6.92 Å². The van der Waals surface area contributed by atoms with Crippen LogP contribution in [0.25, 0.3) is 11.0 Å². The molecule has 20 heavy (non-hydrogen) atoms. The molecule has 1 atom stereocenters. The monoisotopic (exact) mass is 285 g/mol. The number of fused-ring (bicyclic) bond motifs is 1. The summed E-state index contributed by atoms with van der Waals surface area (Å²) in [7, 11) is 0. The van der Waals surface area contributed by atoms with E-state index in [1.54, 1.807) is 0 Å². The van der Waals surface area contributed by atoms with Crippen molar-refractivity contribution < 1.29 is 0 Å². The van der Waals surface area contributed by atoms with Crippen LogP contribution in [0.3, 0.4) is 0 Å². The van der Waals surface area contributed by atoms with Gasteiger partial charge in [-0.3, -0.25) is 4.98 Å². The van der Waals surface area contributed by atoms with E-state index in [0.717, 1.165) is 23.4 Å². The highest BCUT2D eigenvalue weighted by molar-refractivity contribution is 6.20. The van der Waals surface area contributed by atoms with Gasteiger partial charge in [0, 0.05) is 18.9 Å². The van der Waals surface area contributed by atoms with Crippen molar-refractivity contribution in [2.24, 2.45) is 0 Å². The van der Waals surface area contributed by atoms with Gasteiger partial charge in [-0.25, -0.2) is 4.98 Å². The van der Waals surface area contributed by atoms with Gasteiger partial charge in [-0.05, 0) is 49.2 Å². The van der Waals surface area contributed by atoms with Gasteiger partial charge >= 0.3 is 0 Å². The molecule has 0 N–H and O–H groups in total. The molecule has 0 radical (unpaired) electrons. The molecule has 3 rings (SSSR count). The maximum atomic E-state index is 6.29. The van der Waals surface area contributed by atoms with Gasteiger partial charge in [-0.2, -0.15) is 0 Å². The molecule has 102 valence electrons. The number of imidazole rings is 1. The molecule has 1 unspecified atom stereocenters. The number of halogens is 1. The van der Waals surface area contributed by atoms with Crippen molar-refractivity contribution in [3.63, 3.8) is 0 Å². The maximum absolute atomic E-state index is 6.29. The predicted molar refractivity (Wildman–Crippen MR) is 82.1 cm³/mol. The molecule has 1 aromatic carbocycles. The first kappa shape index (κ1) is 13.1. The highest BCUT2D eigenvalue weighted by Crippen LogP contribution is 2.26. The van der Waals surface area contributed by atoms with E-state index in [4.69, 9.17) is 11.6 Å². The van der Waals surface area contributed by atoms with Crippen molar-refractivity contribution in [1.82, 2.24) is 14.5 Å². The number of pyridine rings is 1. The molecule has 2 aromatic heterocycles. The molecule has 0 saturated heterocycles. The highest BCUT2D eigenvalue weighted by Gasteiger charge is 2.15. The summed E-state index contributed by atoms with van der Waals surface area (Å²) in [6.07, 6.45) is 3.62. The molecule has 4 heteroatoms. The number of alkyl halides is 1. The lowest BCUT2D eigenvalue weighted by Gasteiger charge is -2.10. The molecule has 0 spiro atoms. The molecule has 3 aromatic rings. The second kappa shape index (κ2) is 5.25. The van der Waals surface area contributed by atoms with Crippen LogP contribution >= 0.6 is 11.6 Å². The first-order valence-electron chi connectivity index (χ1n) is 6.65. The largest absolute Gasteiger partial charge is 0.322 e. The number of hydrogen-bond acceptors (Lipinski definition) is 2. The molecular formula is C16H16ClN3. The van der Waals surface area contributed by atoms with Crippen molar-refractivity contribution >= 4 is 22.6 Å². The number of hydrogen-bond donors (Lipinski definition) is 0. The van der Waals surface area contributed by atoms with Crippen LogP contribution in [0.5, 0.6) is 0 Å². The Hall–Kier alpha value is -1.87. The number of benzene rings is 1. The van der Waals surface area contributed by atoms with Crippen molar-refractivity contribution in [2.75, 3.05) is 0 Å². The van der Waals surface area contributed by atoms with Crippen LogP contribution in [-0.2, 0) is 6.54 Å². The minimum atomic E-state index is -0.121. The third-order valence-electron chi connectivity index (χ3n) is 3.38.